The molecule has 17 heavy (non-hydrogen) atoms. The van der Waals surface area contributed by atoms with E-state index < -0.39 is 0 Å². The van der Waals surface area contributed by atoms with E-state index in [0.717, 1.165) is 23.7 Å². The predicted octanol–water partition coefficient (Wildman–Crippen LogP) is 3.22. The lowest BCUT2D eigenvalue weighted by Crippen LogP contribution is -2.09. The average Bonchev–Trinajstić information content (AvgIpc) is 3.05. The lowest BCUT2D eigenvalue weighted by molar-refractivity contribution is 0.576. The Morgan fingerprint density at radius 2 is 2.18 bits per heavy atom. The first-order valence-electron chi connectivity index (χ1n) is 6.59. The van der Waals surface area contributed by atoms with Crippen molar-refractivity contribution in [1.29, 1.82) is 0 Å². The standard InChI is InChI=1S/C13H23N3S/c1-4-17-8-7-11-12(14)16(9(2)3)13(15-11)10-5-6-10/h9-10H,4-8,14H2,1-3H3. The Morgan fingerprint density at radius 3 is 2.71 bits per heavy atom. The van der Waals surface area contributed by atoms with Crippen molar-refractivity contribution in [2.24, 2.45) is 0 Å². The molecule has 0 spiro atoms. The van der Waals surface area contributed by atoms with E-state index in [0.29, 0.717) is 12.0 Å². The number of hydrogen-bond donors (Lipinski definition) is 1. The van der Waals surface area contributed by atoms with Crippen LogP contribution in [0.15, 0.2) is 0 Å². The maximum Gasteiger partial charge on any atom is 0.127 e. The molecule has 0 atom stereocenters. The van der Waals surface area contributed by atoms with Gasteiger partial charge in [0.2, 0.25) is 0 Å². The minimum Gasteiger partial charge on any atom is -0.384 e. The summed E-state index contributed by atoms with van der Waals surface area (Å²) in [5, 5.41) is 0. The number of anilines is 1. The number of imidazole rings is 1. The van der Waals surface area contributed by atoms with E-state index >= 15 is 0 Å². The quantitative estimate of drug-likeness (QED) is 0.792. The molecule has 1 aromatic rings. The van der Waals surface area contributed by atoms with Gasteiger partial charge in [0.15, 0.2) is 0 Å². The van der Waals surface area contributed by atoms with Gasteiger partial charge in [-0.05, 0) is 38.2 Å². The molecular formula is C13H23N3S. The molecule has 1 fully saturated rings. The van der Waals surface area contributed by atoms with Gasteiger partial charge in [-0.2, -0.15) is 11.8 Å². The minimum atomic E-state index is 0.422. The topological polar surface area (TPSA) is 43.8 Å². The van der Waals surface area contributed by atoms with E-state index in [1.165, 1.54) is 24.4 Å². The van der Waals surface area contributed by atoms with Crippen LogP contribution in [0.4, 0.5) is 5.82 Å². The second-order valence-electron chi connectivity index (χ2n) is 4.99. The SMILES string of the molecule is CCSCCc1nc(C2CC2)n(C(C)C)c1N. The van der Waals surface area contributed by atoms with Crippen LogP contribution in [0.3, 0.4) is 0 Å². The summed E-state index contributed by atoms with van der Waals surface area (Å²) in [7, 11) is 0. The first-order chi connectivity index (χ1) is 8.15. The average molecular weight is 253 g/mol. The number of nitrogen functional groups attached to an aromatic ring is 1. The van der Waals surface area contributed by atoms with Gasteiger partial charge in [0, 0.05) is 18.4 Å². The van der Waals surface area contributed by atoms with Crippen LogP contribution in [0.1, 0.15) is 57.1 Å². The Labute approximate surface area is 108 Å². The molecule has 4 heteroatoms. The van der Waals surface area contributed by atoms with E-state index in [2.05, 4.69) is 25.3 Å². The maximum absolute atomic E-state index is 6.24. The minimum absolute atomic E-state index is 0.422. The molecule has 1 heterocycles. The first kappa shape index (κ1) is 12.8. The van der Waals surface area contributed by atoms with Gasteiger partial charge in [0.25, 0.3) is 0 Å². The monoisotopic (exact) mass is 253 g/mol. The van der Waals surface area contributed by atoms with Crippen molar-refractivity contribution in [1.82, 2.24) is 9.55 Å². The van der Waals surface area contributed by atoms with Crippen molar-refractivity contribution in [3.8, 4) is 0 Å². The third-order valence-corrected chi connectivity index (χ3v) is 4.10. The first-order valence-corrected chi connectivity index (χ1v) is 7.74. The van der Waals surface area contributed by atoms with E-state index in [1.54, 1.807) is 0 Å². The molecular weight excluding hydrogens is 230 g/mol. The number of nitrogens with two attached hydrogens (primary N) is 1. The number of aryl methyl sites for hydroxylation is 1. The molecule has 1 aromatic heterocycles. The van der Waals surface area contributed by atoms with Gasteiger partial charge in [-0.15, -0.1) is 0 Å². The summed E-state index contributed by atoms with van der Waals surface area (Å²) in [4.78, 5) is 4.79. The molecule has 2 N–H and O–H groups in total. The summed E-state index contributed by atoms with van der Waals surface area (Å²) < 4.78 is 2.24. The highest BCUT2D eigenvalue weighted by Crippen LogP contribution is 2.41. The van der Waals surface area contributed by atoms with Crippen LogP contribution < -0.4 is 5.73 Å². The maximum atomic E-state index is 6.24. The summed E-state index contributed by atoms with van der Waals surface area (Å²) in [6.07, 6.45) is 3.57. The summed E-state index contributed by atoms with van der Waals surface area (Å²) in [5.74, 6) is 5.10. The van der Waals surface area contributed by atoms with Gasteiger partial charge in [-0.1, -0.05) is 6.92 Å². The summed E-state index contributed by atoms with van der Waals surface area (Å²) >= 11 is 1.95. The van der Waals surface area contributed by atoms with Gasteiger partial charge in [-0.3, -0.25) is 0 Å². The van der Waals surface area contributed by atoms with Gasteiger partial charge >= 0.3 is 0 Å². The van der Waals surface area contributed by atoms with Crippen LogP contribution in [-0.2, 0) is 6.42 Å². The largest absolute Gasteiger partial charge is 0.384 e. The number of nitrogens with zero attached hydrogens (tertiary/aromatic N) is 2. The fraction of sp³-hybridized carbons (Fsp3) is 0.769. The fourth-order valence-electron chi connectivity index (χ4n) is 2.18. The molecule has 0 saturated heterocycles. The van der Waals surface area contributed by atoms with Crippen LogP contribution in [0.25, 0.3) is 0 Å². The highest BCUT2D eigenvalue weighted by Gasteiger charge is 2.31. The Morgan fingerprint density at radius 1 is 1.47 bits per heavy atom. The Hall–Kier alpha value is -0.640. The van der Waals surface area contributed by atoms with Gasteiger partial charge in [-0.25, -0.2) is 4.98 Å². The Balaban J connectivity index is 2.18. The molecule has 0 amide bonds. The van der Waals surface area contributed by atoms with Crippen molar-refractivity contribution >= 4 is 17.6 Å². The number of rotatable bonds is 6. The Bertz CT molecular complexity index is 380. The predicted molar refractivity (Wildman–Crippen MR) is 75.7 cm³/mol. The summed E-state index contributed by atoms with van der Waals surface area (Å²) in [6, 6.07) is 0.422. The fourth-order valence-corrected chi connectivity index (χ4v) is 2.81. The molecule has 1 aliphatic carbocycles. The van der Waals surface area contributed by atoms with E-state index in [-0.39, 0.29) is 0 Å². The normalized spacial score (nSPS) is 15.8. The summed E-state index contributed by atoms with van der Waals surface area (Å²) in [5.41, 5.74) is 7.36. The zero-order chi connectivity index (χ0) is 12.4. The summed E-state index contributed by atoms with van der Waals surface area (Å²) in [6.45, 7) is 6.57. The molecule has 0 radical (unpaired) electrons. The molecule has 3 nitrogen and oxygen atoms in total. The lowest BCUT2D eigenvalue weighted by Gasteiger charge is -2.13. The molecule has 1 aliphatic rings. The molecule has 1 saturated carbocycles. The molecule has 96 valence electrons. The molecule has 2 rings (SSSR count). The Kier molecular flexibility index (Phi) is 4.02. The second-order valence-corrected chi connectivity index (χ2v) is 6.38. The number of hydrogen-bond acceptors (Lipinski definition) is 3. The molecule has 0 unspecified atom stereocenters. The third-order valence-electron chi connectivity index (χ3n) is 3.20. The third kappa shape index (κ3) is 2.79. The van der Waals surface area contributed by atoms with Crippen LogP contribution in [0.2, 0.25) is 0 Å². The van der Waals surface area contributed by atoms with Gasteiger partial charge in [0.1, 0.15) is 11.6 Å². The van der Waals surface area contributed by atoms with E-state index in [4.69, 9.17) is 10.7 Å². The van der Waals surface area contributed by atoms with Crippen LogP contribution in [-0.4, -0.2) is 21.1 Å². The van der Waals surface area contributed by atoms with E-state index in [9.17, 15) is 0 Å². The van der Waals surface area contributed by atoms with Crippen molar-refractivity contribution in [2.45, 2.75) is 52.0 Å². The van der Waals surface area contributed by atoms with Crippen molar-refractivity contribution < 1.29 is 0 Å². The molecule has 0 aliphatic heterocycles. The van der Waals surface area contributed by atoms with Gasteiger partial charge < -0.3 is 10.3 Å². The van der Waals surface area contributed by atoms with E-state index in [1.807, 2.05) is 11.8 Å². The zero-order valence-electron chi connectivity index (χ0n) is 11.1. The number of thioether (sulfide) groups is 1. The molecule has 0 bridgehead atoms. The lowest BCUT2D eigenvalue weighted by atomic mass is 10.3. The van der Waals surface area contributed by atoms with Crippen molar-refractivity contribution in [3.63, 3.8) is 0 Å². The van der Waals surface area contributed by atoms with Crippen molar-refractivity contribution in [3.05, 3.63) is 11.5 Å². The van der Waals surface area contributed by atoms with Crippen LogP contribution >= 0.6 is 11.8 Å². The van der Waals surface area contributed by atoms with Crippen LogP contribution in [0.5, 0.6) is 0 Å². The van der Waals surface area contributed by atoms with Gasteiger partial charge in [0.05, 0.1) is 5.69 Å². The molecule has 0 aromatic carbocycles. The second kappa shape index (κ2) is 5.34. The van der Waals surface area contributed by atoms with Crippen molar-refractivity contribution in [2.75, 3.05) is 17.2 Å². The number of aromatic nitrogens is 2. The smallest absolute Gasteiger partial charge is 0.127 e. The highest BCUT2D eigenvalue weighted by atomic mass is 32.2. The highest BCUT2D eigenvalue weighted by molar-refractivity contribution is 7.99. The van der Waals surface area contributed by atoms with Crippen LogP contribution in [0, 0.1) is 0 Å². The zero-order valence-corrected chi connectivity index (χ0v) is 11.9.